The predicted molar refractivity (Wildman–Crippen MR) is 83.5 cm³/mol. The largest absolute Gasteiger partial charge is 0.343 e. The summed E-state index contributed by atoms with van der Waals surface area (Å²) in [4.78, 5) is 12.5. The predicted octanol–water partition coefficient (Wildman–Crippen LogP) is 1.54. The number of hydrogen-bond acceptors (Lipinski definition) is 4. The smallest absolute Gasteiger partial charge is 0.270 e. The molecule has 7 heteroatoms. The van der Waals surface area contributed by atoms with E-state index in [2.05, 4.69) is 30.3 Å². The van der Waals surface area contributed by atoms with Crippen molar-refractivity contribution < 1.29 is 4.79 Å². The molecule has 0 unspecified atom stereocenters. The first-order chi connectivity index (χ1) is 11.3. The second kappa shape index (κ2) is 5.68. The van der Waals surface area contributed by atoms with Crippen molar-refractivity contribution in [2.24, 2.45) is 0 Å². The van der Waals surface area contributed by atoms with Crippen LogP contribution < -0.4 is 5.32 Å². The van der Waals surface area contributed by atoms with Gasteiger partial charge < -0.3 is 9.88 Å². The van der Waals surface area contributed by atoms with Crippen LogP contribution in [-0.4, -0.2) is 30.9 Å². The SMILES string of the molecule is O=C(NCc1nnc2n1CCC2)c1[nH]ncc1-c1ccccc1. The van der Waals surface area contributed by atoms with Crippen molar-refractivity contribution in [3.8, 4) is 11.1 Å². The van der Waals surface area contributed by atoms with Crippen molar-refractivity contribution in [1.82, 2.24) is 30.3 Å². The van der Waals surface area contributed by atoms with E-state index in [1.807, 2.05) is 30.3 Å². The fourth-order valence-corrected chi connectivity index (χ4v) is 2.89. The molecule has 0 radical (unpaired) electrons. The molecule has 1 aromatic carbocycles. The van der Waals surface area contributed by atoms with Crippen LogP contribution in [0.3, 0.4) is 0 Å². The van der Waals surface area contributed by atoms with E-state index in [-0.39, 0.29) is 5.91 Å². The van der Waals surface area contributed by atoms with Gasteiger partial charge in [-0.2, -0.15) is 5.10 Å². The van der Waals surface area contributed by atoms with Crippen LogP contribution in [0.4, 0.5) is 0 Å². The summed E-state index contributed by atoms with van der Waals surface area (Å²) >= 11 is 0. The van der Waals surface area contributed by atoms with E-state index in [0.717, 1.165) is 42.2 Å². The number of benzene rings is 1. The molecule has 7 nitrogen and oxygen atoms in total. The van der Waals surface area contributed by atoms with Crippen molar-refractivity contribution in [2.75, 3.05) is 0 Å². The van der Waals surface area contributed by atoms with Gasteiger partial charge in [-0.3, -0.25) is 9.89 Å². The van der Waals surface area contributed by atoms with Gasteiger partial charge in [0.15, 0.2) is 5.82 Å². The van der Waals surface area contributed by atoms with Crippen LogP contribution in [0.1, 0.15) is 28.6 Å². The monoisotopic (exact) mass is 308 g/mol. The molecular formula is C16H16N6O. The van der Waals surface area contributed by atoms with Crippen LogP contribution in [0.2, 0.25) is 0 Å². The van der Waals surface area contributed by atoms with E-state index in [4.69, 9.17) is 0 Å². The van der Waals surface area contributed by atoms with Crippen molar-refractivity contribution in [2.45, 2.75) is 25.9 Å². The summed E-state index contributed by atoms with van der Waals surface area (Å²) < 4.78 is 2.07. The molecule has 0 atom stereocenters. The maximum atomic E-state index is 12.5. The van der Waals surface area contributed by atoms with E-state index < -0.39 is 0 Å². The lowest BCUT2D eigenvalue weighted by atomic mass is 10.1. The molecule has 23 heavy (non-hydrogen) atoms. The summed E-state index contributed by atoms with van der Waals surface area (Å²) in [6, 6.07) is 9.71. The molecule has 0 spiro atoms. The molecule has 1 aliphatic rings. The number of carbonyl (C=O) groups is 1. The molecular weight excluding hydrogens is 292 g/mol. The number of fused-ring (bicyclic) bond motifs is 1. The van der Waals surface area contributed by atoms with Crippen LogP contribution in [0.5, 0.6) is 0 Å². The molecule has 2 aromatic heterocycles. The van der Waals surface area contributed by atoms with Crippen molar-refractivity contribution in [3.05, 3.63) is 53.9 Å². The van der Waals surface area contributed by atoms with Crippen LogP contribution in [0, 0.1) is 0 Å². The van der Waals surface area contributed by atoms with Crippen LogP contribution >= 0.6 is 0 Å². The Hall–Kier alpha value is -2.96. The van der Waals surface area contributed by atoms with Gasteiger partial charge in [-0.15, -0.1) is 10.2 Å². The highest BCUT2D eigenvalue weighted by Gasteiger charge is 2.19. The minimum atomic E-state index is -0.198. The number of H-pyrrole nitrogens is 1. The highest BCUT2D eigenvalue weighted by molar-refractivity contribution is 5.98. The van der Waals surface area contributed by atoms with E-state index >= 15 is 0 Å². The topological polar surface area (TPSA) is 88.5 Å². The minimum Gasteiger partial charge on any atom is -0.343 e. The van der Waals surface area contributed by atoms with Gasteiger partial charge in [-0.25, -0.2) is 0 Å². The maximum Gasteiger partial charge on any atom is 0.270 e. The summed E-state index contributed by atoms with van der Waals surface area (Å²) in [5.74, 6) is 1.60. The zero-order valence-corrected chi connectivity index (χ0v) is 12.5. The lowest BCUT2D eigenvalue weighted by molar-refractivity contribution is 0.0945. The van der Waals surface area contributed by atoms with E-state index in [9.17, 15) is 4.79 Å². The lowest BCUT2D eigenvalue weighted by Crippen LogP contribution is -2.25. The Balaban J connectivity index is 1.51. The summed E-state index contributed by atoms with van der Waals surface area (Å²) in [7, 11) is 0. The summed E-state index contributed by atoms with van der Waals surface area (Å²) in [6.07, 6.45) is 3.71. The van der Waals surface area contributed by atoms with E-state index in [0.29, 0.717) is 12.2 Å². The number of nitrogens with zero attached hydrogens (tertiary/aromatic N) is 4. The Kier molecular flexibility index (Phi) is 3.38. The molecule has 0 saturated carbocycles. The third kappa shape index (κ3) is 2.50. The lowest BCUT2D eigenvalue weighted by Gasteiger charge is -2.06. The number of amides is 1. The number of nitrogens with one attached hydrogen (secondary N) is 2. The highest BCUT2D eigenvalue weighted by Crippen LogP contribution is 2.21. The first-order valence-corrected chi connectivity index (χ1v) is 7.61. The number of aromatic amines is 1. The first-order valence-electron chi connectivity index (χ1n) is 7.61. The summed E-state index contributed by atoms with van der Waals surface area (Å²) in [5, 5.41) is 18.0. The highest BCUT2D eigenvalue weighted by atomic mass is 16.1. The van der Waals surface area contributed by atoms with Crippen molar-refractivity contribution in [1.29, 1.82) is 0 Å². The van der Waals surface area contributed by atoms with Gasteiger partial charge >= 0.3 is 0 Å². The normalized spacial score (nSPS) is 13.0. The number of rotatable bonds is 4. The Morgan fingerprint density at radius 1 is 1.26 bits per heavy atom. The van der Waals surface area contributed by atoms with Gasteiger partial charge in [0, 0.05) is 18.5 Å². The van der Waals surface area contributed by atoms with E-state index in [1.165, 1.54) is 0 Å². The molecule has 4 rings (SSSR count). The van der Waals surface area contributed by atoms with Gasteiger partial charge in [-0.1, -0.05) is 30.3 Å². The zero-order chi connectivity index (χ0) is 15.6. The van der Waals surface area contributed by atoms with Gasteiger partial charge in [-0.05, 0) is 12.0 Å². The Labute approximate surface area is 132 Å². The average Bonchev–Trinajstić information content (AvgIpc) is 3.30. The van der Waals surface area contributed by atoms with Crippen LogP contribution in [0.25, 0.3) is 11.1 Å². The fourth-order valence-electron chi connectivity index (χ4n) is 2.89. The van der Waals surface area contributed by atoms with Crippen LogP contribution in [0.15, 0.2) is 36.5 Å². The number of carbonyl (C=O) groups excluding carboxylic acids is 1. The molecule has 1 aliphatic heterocycles. The molecule has 116 valence electrons. The van der Waals surface area contributed by atoms with E-state index in [1.54, 1.807) is 6.20 Å². The van der Waals surface area contributed by atoms with Crippen molar-refractivity contribution >= 4 is 5.91 Å². The minimum absolute atomic E-state index is 0.198. The average molecular weight is 308 g/mol. The van der Waals surface area contributed by atoms with Gasteiger partial charge in [0.2, 0.25) is 0 Å². The molecule has 0 fully saturated rings. The molecule has 0 aliphatic carbocycles. The van der Waals surface area contributed by atoms with Gasteiger partial charge in [0.25, 0.3) is 5.91 Å². The van der Waals surface area contributed by atoms with Gasteiger partial charge in [0.05, 0.1) is 12.7 Å². The molecule has 3 heterocycles. The Morgan fingerprint density at radius 2 is 2.13 bits per heavy atom. The Bertz CT molecular complexity index is 835. The summed E-state index contributed by atoms with van der Waals surface area (Å²) in [5.41, 5.74) is 2.20. The summed E-state index contributed by atoms with van der Waals surface area (Å²) in [6.45, 7) is 1.28. The quantitative estimate of drug-likeness (QED) is 0.765. The Morgan fingerprint density at radius 3 is 3.00 bits per heavy atom. The van der Waals surface area contributed by atoms with Crippen LogP contribution in [-0.2, 0) is 19.5 Å². The first kappa shape index (κ1) is 13.7. The standard InChI is InChI=1S/C16H16N6O/c23-16(17-10-14-20-19-13-7-4-8-22(13)14)15-12(9-18-21-15)11-5-2-1-3-6-11/h1-3,5-6,9H,4,7-8,10H2,(H,17,23)(H,18,21). The third-order valence-corrected chi connectivity index (χ3v) is 4.04. The number of aromatic nitrogens is 5. The number of hydrogen-bond donors (Lipinski definition) is 2. The second-order valence-corrected chi connectivity index (χ2v) is 5.50. The number of aryl methyl sites for hydroxylation is 1. The maximum absolute atomic E-state index is 12.5. The fraction of sp³-hybridized carbons (Fsp3) is 0.250. The molecule has 0 bridgehead atoms. The third-order valence-electron chi connectivity index (χ3n) is 4.04. The van der Waals surface area contributed by atoms with Gasteiger partial charge in [0.1, 0.15) is 11.5 Å². The molecule has 0 saturated heterocycles. The zero-order valence-electron chi connectivity index (χ0n) is 12.5. The molecule has 2 N–H and O–H groups in total. The molecule has 1 amide bonds. The van der Waals surface area contributed by atoms with Crippen molar-refractivity contribution in [3.63, 3.8) is 0 Å². The molecule has 3 aromatic rings. The second-order valence-electron chi connectivity index (χ2n) is 5.50.